The molecule has 1 aromatic rings. The van der Waals surface area contributed by atoms with Gasteiger partial charge in [-0.15, -0.1) is 0 Å². The molecule has 1 aliphatic heterocycles. The molecular weight excluding hydrogens is 286 g/mol. The molecule has 20 heavy (non-hydrogen) atoms. The third kappa shape index (κ3) is 3.22. The smallest absolute Gasteiger partial charge is 0.252 e. The molecule has 106 valence electrons. The normalized spacial score (nSPS) is 18.4. The second-order valence-corrected chi connectivity index (χ2v) is 4.57. The Hall–Kier alpha value is -2.19. The van der Waals surface area contributed by atoms with Gasteiger partial charge in [0.05, 0.1) is 0 Å². The first-order chi connectivity index (χ1) is 9.49. The summed E-state index contributed by atoms with van der Waals surface area (Å²) in [7, 11) is 0. The predicted molar refractivity (Wildman–Crippen MR) is 70.7 cm³/mol. The minimum atomic E-state index is -0.749. The zero-order chi connectivity index (χ0) is 14.7. The number of hydrogen-bond acceptors (Lipinski definition) is 6. The lowest BCUT2D eigenvalue weighted by Crippen LogP contribution is -2.52. The Kier molecular flexibility index (Phi) is 4.16. The average molecular weight is 298 g/mol. The van der Waals surface area contributed by atoms with E-state index >= 15 is 0 Å². The van der Waals surface area contributed by atoms with Crippen molar-refractivity contribution in [3.8, 4) is 0 Å². The maximum Gasteiger partial charge on any atom is 0.252 e. The highest BCUT2D eigenvalue weighted by Crippen LogP contribution is 2.14. The van der Waals surface area contributed by atoms with Crippen LogP contribution in [0.15, 0.2) is 12.1 Å². The van der Waals surface area contributed by atoms with Gasteiger partial charge in [-0.05, 0) is 18.6 Å². The van der Waals surface area contributed by atoms with Crippen molar-refractivity contribution in [2.24, 2.45) is 5.84 Å². The van der Waals surface area contributed by atoms with Gasteiger partial charge in [0.1, 0.15) is 17.0 Å². The molecule has 0 aliphatic carbocycles. The van der Waals surface area contributed by atoms with Crippen molar-refractivity contribution in [2.75, 3.05) is 5.43 Å². The SMILES string of the molecule is NNc1cc(C(=O)NC2CCC(=O)NC2=O)cc(Cl)n1. The van der Waals surface area contributed by atoms with Gasteiger partial charge in [-0.25, -0.2) is 10.8 Å². The molecule has 9 heteroatoms. The first-order valence-corrected chi connectivity index (χ1v) is 6.16. The molecule has 0 radical (unpaired) electrons. The molecule has 1 fully saturated rings. The fourth-order valence-corrected chi connectivity index (χ4v) is 1.98. The summed E-state index contributed by atoms with van der Waals surface area (Å²) in [6.07, 6.45) is 0.445. The summed E-state index contributed by atoms with van der Waals surface area (Å²) >= 11 is 5.75. The third-order valence-electron chi connectivity index (χ3n) is 2.75. The highest BCUT2D eigenvalue weighted by atomic mass is 35.5. The number of carbonyl (C=O) groups is 3. The summed E-state index contributed by atoms with van der Waals surface area (Å²) in [5.41, 5.74) is 2.49. The van der Waals surface area contributed by atoms with Crippen LogP contribution in [0.1, 0.15) is 23.2 Å². The average Bonchev–Trinajstić information content (AvgIpc) is 2.41. The summed E-state index contributed by atoms with van der Waals surface area (Å²) in [6.45, 7) is 0. The number of hydrogen-bond donors (Lipinski definition) is 4. The lowest BCUT2D eigenvalue weighted by Gasteiger charge is -2.21. The molecule has 2 heterocycles. The lowest BCUT2D eigenvalue weighted by molar-refractivity contribution is -0.134. The van der Waals surface area contributed by atoms with Gasteiger partial charge in [0.25, 0.3) is 5.91 Å². The maximum absolute atomic E-state index is 12.0. The molecule has 5 N–H and O–H groups in total. The van der Waals surface area contributed by atoms with Crippen LogP contribution in [0.2, 0.25) is 5.15 Å². The molecule has 0 bridgehead atoms. The lowest BCUT2D eigenvalue weighted by atomic mass is 10.1. The zero-order valence-corrected chi connectivity index (χ0v) is 11.0. The summed E-state index contributed by atoms with van der Waals surface area (Å²) in [6, 6.07) is 2.00. The van der Waals surface area contributed by atoms with E-state index in [4.69, 9.17) is 17.4 Å². The Labute approximate surface area is 119 Å². The molecule has 1 unspecified atom stereocenters. The number of amides is 3. The standard InChI is InChI=1S/C11H12ClN5O3/c12-7-3-5(4-8(15-7)17-13)10(19)14-6-1-2-9(18)16-11(6)20/h3-4,6H,1-2,13H2,(H,14,19)(H,15,17)(H,16,18,20). The van der Waals surface area contributed by atoms with E-state index in [2.05, 4.69) is 21.0 Å². The number of imide groups is 1. The van der Waals surface area contributed by atoms with Gasteiger partial charge in [0.15, 0.2) is 0 Å². The highest BCUT2D eigenvalue weighted by molar-refractivity contribution is 6.30. The fraction of sp³-hybridized carbons (Fsp3) is 0.273. The van der Waals surface area contributed by atoms with Gasteiger partial charge >= 0.3 is 0 Å². The third-order valence-corrected chi connectivity index (χ3v) is 2.94. The molecule has 3 amide bonds. The number of nitrogens with one attached hydrogen (secondary N) is 3. The number of carbonyl (C=O) groups excluding carboxylic acids is 3. The number of piperidine rings is 1. The Morgan fingerprint density at radius 2 is 2.20 bits per heavy atom. The van der Waals surface area contributed by atoms with Crippen LogP contribution in [0, 0.1) is 0 Å². The molecule has 0 saturated carbocycles. The molecule has 8 nitrogen and oxygen atoms in total. The topological polar surface area (TPSA) is 126 Å². The van der Waals surface area contributed by atoms with Crippen LogP contribution in [0.3, 0.4) is 0 Å². The molecule has 1 aliphatic rings. The molecule has 0 aromatic carbocycles. The van der Waals surface area contributed by atoms with Gasteiger partial charge in [-0.3, -0.25) is 19.7 Å². The van der Waals surface area contributed by atoms with Crippen LogP contribution in [0.4, 0.5) is 5.82 Å². The predicted octanol–water partition coefficient (Wildman–Crippen LogP) is -0.444. The zero-order valence-electron chi connectivity index (χ0n) is 10.3. The second-order valence-electron chi connectivity index (χ2n) is 4.19. The number of nitrogens with zero attached hydrogens (tertiary/aromatic N) is 1. The highest BCUT2D eigenvalue weighted by Gasteiger charge is 2.28. The van der Waals surface area contributed by atoms with E-state index in [-0.39, 0.29) is 35.3 Å². The van der Waals surface area contributed by atoms with Crippen molar-refractivity contribution in [1.29, 1.82) is 0 Å². The number of nitrogen functional groups attached to an aromatic ring is 1. The Bertz CT molecular complexity index is 577. The number of nitrogens with two attached hydrogens (primary N) is 1. The summed E-state index contributed by atoms with van der Waals surface area (Å²) < 4.78 is 0. The monoisotopic (exact) mass is 297 g/mol. The van der Waals surface area contributed by atoms with Crippen molar-refractivity contribution in [3.05, 3.63) is 22.8 Å². The first-order valence-electron chi connectivity index (χ1n) is 5.78. The van der Waals surface area contributed by atoms with E-state index in [0.717, 1.165) is 0 Å². The van der Waals surface area contributed by atoms with E-state index in [1.54, 1.807) is 0 Å². The number of halogens is 1. The minimum absolute atomic E-state index is 0.0915. The number of hydrazine groups is 1. The fourth-order valence-electron chi connectivity index (χ4n) is 1.77. The quantitative estimate of drug-likeness (QED) is 0.259. The Morgan fingerprint density at radius 3 is 2.85 bits per heavy atom. The summed E-state index contributed by atoms with van der Waals surface area (Å²) in [5.74, 6) is 4.07. The van der Waals surface area contributed by atoms with E-state index in [1.165, 1.54) is 12.1 Å². The summed E-state index contributed by atoms with van der Waals surface area (Å²) in [5, 5.41) is 4.77. The van der Waals surface area contributed by atoms with Crippen molar-refractivity contribution < 1.29 is 14.4 Å². The molecular formula is C11H12ClN5O3. The van der Waals surface area contributed by atoms with Crippen LogP contribution >= 0.6 is 11.6 Å². The van der Waals surface area contributed by atoms with E-state index in [0.29, 0.717) is 0 Å². The van der Waals surface area contributed by atoms with E-state index in [9.17, 15) is 14.4 Å². The maximum atomic E-state index is 12.0. The van der Waals surface area contributed by atoms with Gasteiger partial charge in [-0.2, -0.15) is 0 Å². The van der Waals surface area contributed by atoms with Crippen LogP contribution < -0.4 is 21.9 Å². The molecule has 1 atom stereocenters. The van der Waals surface area contributed by atoms with Gasteiger partial charge in [-0.1, -0.05) is 11.6 Å². The van der Waals surface area contributed by atoms with Crippen LogP contribution in [0.25, 0.3) is 0 Å². The Balaban J connectivity index is 2.10. The molecule has 2 rings (SSSR count). The largest absolute Gasteiger partial charge is 0.340 e. The van der Waals surface area contributed by atoms with Gasteiger partial charge in [0, 0.05) is 12.0 Å². The molecule has 0 spiro atoms. The van der Waals surface area contributed by atoms with Crippen molar-refractivity contribution >= 4 is 35.1 Å². The number of aromatic nitrogens is 1. The molecule has 1 aromatic heterocycles. The summed E-state index contributed by atoms with van der Waals surface area (Å²) in [4.78, 5) is 38.4. The first kappa shape index (κ1) is 14.2. The van der Waals surface area contributed by atoms with E-state index in [1.807, 2.05) is 0 Å². The second kappa shape index (κ2) is 5.85. The number of rotatable bonds is 3. The van der Waals surface area contributed by atoms with Crippen molar-refractivity contribution in [2.45, 2.75) is 18.9 Å². The van der Waals surface area contributed by atoms with Crippen LogP contribution in [0.5, 0.6) is 0 Å². The van der Waals surface area contributed by atoms with E-state index < -0.39 is 17.9 Å². The number of pyridine rings is 1. The van der Waals surface area contributed by atoms with Crippen molar-refractivity contribution in [1.82, 2.24) is 15.6 Å². The van der Waals surface area contributed by atoms with Gasteiger partial charge in [0.2, 0.25) is 11.8 Å². The molecule has 1 saturated heterocycles. The van der Waals surface area contributed by atoms with Gasteiger partial charge < -0.3 is 10.7 Å². The van der Waals surface area contributed by atoms with Crippen LogP contribution in [-0.4, -0.2) is 28.7 Å². The Morgan fingerprint density at radius 1 is 1.45 bits per heavy atom. The number of anilines is 1. The van der Waals surface area contributed by atoms with Crippen molar-refractivity contribution in [3.63, 3.8) is 0 Å². The minimum Gasteiger partial charge on any atom is -0.340 e. The van der Waals surface area contributed by atoms with Crippen LogP contribution in [-0.2, 0) is 9.59 Å².